The van der Waals surface area contributed by atoms with Gasteiger partial charge in [-0.3, -0.25) is 9.36 Å². The molecular formula is C17H15NO2. The summed E-state index contributed by atoms with van der Waals surface area (Å²) >= 11 is 0. The Kier molecular flexibility index (Phi) is 3.35. The lowest BCUT2D eigenvalue weighted by Gasteiger charge is -2.06. The highest BCUT2D eigenvalue weighted by Crippen LogP contribution is 2.21. The minimum Gasteiger partial charge on any atom is -0.396 e. The molecule has 0 unspecified atom stereocenters. The fourth-order valence-corrected chi connectivity index (χ4v) is 2.47. The largest absolute Gasteiger partial charge is 0.396 e. The lowest BCUT2D eigenvalue weighted by atomic mass is 10.1. The van der Waals surface area contributed by atoms with Crippen molar-refractivity contribution in [2.45, 2.75) is 6.42 Å². The van der Waals surface area contributed by atoms with Gasteiger partial charge in [-0.25, -0.2) is 0 Å². The lowest BCUT2D eigenvalue weighted by molar-refractivity contribution is 0.0965. The molecule has 2 aromatic carbocycles. The van der Waals surface area contributed by atoms with E-state index in [1.165, 1.54) is 0 Å². The number of hydrogen-bond donors (Lipinski definition) is 1. The average molecular weight is 265 g/mol. The molecule has 3 nitrogen and oxygen atoms in total. The molecule has 0 spiro atoms. The summed E-state index contributed by atoms with van der Waals surface area (Å²) in [6, 6.07) is 17.0. The third kappa shape index (κ3) is 2.12. The van der Waals surface area contributed by atoms with E-state index in [0.717, 1.165) is 16.5 Å². The van der Waals surface area contributed by atoms with Gasteiger partial charge in [0.05, 0.1) is 5.52 Å². The third-order valence-electron chi connectivity index (χ3n) is 3.44. The Morgan fingerprint density at radius 1 is 1.00 bits per heavy atom. The van der Waals surface area contributed by atoms with Crippen LogP contribution in [0.15, 0.2) is 60.8 Å². The molecule has 0 aliphatic heterocycles. The molecule has 20 heavy (non-hydrogen) atoms. The maximum atomic E-state index is 12.5. The normalized spacial score (nSPS) is 10.8. The molecule has 3 rings (SSSR count). The minimum atomic E-state index is -0.0400. The standard InChI is InChI=1S/C17H15NO2/c19-12-10-13-7-4-8-16-15(13)9-11-18(16)17(20)14-5-2-1-3-6-14/h1-9,11,19H,10,12H2. The van der Waals surface area contributed by atoms with Gasteiger partial charge in [0.15, 0.2) is 0 Å². The number of fused-ring (bicyclic) bond motifs is 1. The molecule has 0 saturated carbocycles. The van der Waals surface area contributed by atoms with E-state index >= 15 is 0 Å². The van der Waals surface area contributed by atoms with Crippen molar-refractivity contribution in [3.05, 3.63) is 71.9 Å². The number of hydrogen-bond acceptors (Lipinski definition) is 2. The zero-order valence-electron chi connectivity index (χ0n) is 11.0. The van der Waals surface area contributed by atoms with Crippen LogP contribution in [0.5, 0.6) is 0 Å². The summed E-state index contributed by atoms with van der Waals surface area (Å²) in [5.41, 5.74) is 2.60. The fourth-order valence-electron chi connectivity index (χ4n) is 2.47. The number of aromatic nitrogens is 1. The Morgan fingerprint density at radius 3 is 2.55 bits per heavy atom. The van der Waals surface area contributed by atoms with Crippen LogP contribution >= 0.6 is 0 Å². The number of aliphatic hydroxyl groups excluding tert-OH is 1. The van der Waals surface area contributed by atoms with E-state index in [9.17, 15) is 4.79 Å². The fraction of sp³-hybridized carbons (Fsp3) is 0.118. The zero-order chi connectivity index (χ0) is 13.9. The van der Waals surface area contributed by atoms with Crippen molar-refractivity contribution in [3.63, 3.8) is 0 Å². The minimum absolute atomic E-state index is 0.0400. The second-order valence-corrected chi connectivity index (χ2v) is 4.68. The second kappa shape index (κ2) is 5.31. The maximum Gasteiger partial charge on any atom is 0.262 e. The van der Waals surface area contributed by atoms with Crippen LogP contribution in [-0.2, 0) is 6.42 Å². The Bertz CT molecular complexity index is 744. The molecule has 1 heterocycles. The van der Waals surface area contributed by atoms with Crippen LogP contribution in [0.4, 0.5) is 0 Å². The van der Waals surface area contributed by atoms with E-state index < -0.39 is 0 Å². The van der Waals surface area contributed by atoms with Crippen molar-refractivity contribution in [1.82, 2.24) is 4.57 Å². The molecule has 0 amide bonds. The Balaban J connectivity index is 2.09. The quantitative estimate of drug-likeness (QED) is 0.791. The molecule has 1 N–H and O–H groups in total. The zero-order valence-corrected chi connectivity index (χ0v) is 11.0. The summed E-state index contributed by atoms with van der Waals surface area (Å²) in [7, 11) is 0. The van der Waals surface area contributed by atoms with Crippen molar-refractivity contribution in [2.75, 3.05) is 6.61 Å². The van der Waals surface area contributed by atoms with Crippen molar-refractivity contribution in [3.8, 4) is 0 Å². The van der Waals surface area contributed by atoms with Gasteiger partial charge in [-0.2, -0.15) is 0 Å². The van der Waals surface area contributed by atoms with Gasteiger partial charge in [-0.1, -0.05) is 30.3 Å². The number of aliphatic hydroxyl groups is 1. The Labute approximate surface area is 117 Å². The average Bonchev–Trinajstić information content (AvgIpc) is 2.93. The highest BCUT2D eigenvalue weighted by atomic mass is 16.3. The highest BCUT2D eigenvalue weighted by molar-refractivity contribution is 6.02. The molecule has 0 radical (unpaired) electrons. The lowest BCUT2D eigenvalue weighted by Crippen LogP contribution is -2.10. The highest BCUT2D eigenvalue weighted by Gasteiger charge is 2.12. The molecule has 0 aliphatic carbocycles. The van der Waals surface area contributed by atoms with Gasteiger partial charge in [-0.15, -0.1) is 0 Å². The summed E-state index contributed by atoms with van der Waals surface area (Å²) in [5.74, 6) is -0.0400. The summed E-state index contributed by atoms with van der Waals surface area (Å²) in [6.45, 7) is 0.108. The van der Waals surface area contributed by atoms with Crippen LogP contribution in [0.3, 0.4) is 0 Å². The van der Waals surface area contributed by atoms with E-state index in [1.54, 1.807) is 10.8 Å². The SMILES string of the molecule is O=C(c1ccccc1)n1ccc2c(CCO)cccc21. The van der Waals surface area contributed by atoms with E-state index in [0.29, 0.717) is 12.0 Å². The van der Waals surface area contributed by atoms with E-state index in [1.807, 2.05) is 54.6 Å². The van der Waals surface area contributed by atoms with Crippen molar-refractivity contribution in [1.29, 1.82) is 0 Å². The summed E-state index contributed by atoms with van der Waals surface area (Å²) in [4.78, 5) is 12.5. The van der Waals surface area contributed by atoms with E-state index in [2.05, 4.69) is 0 Å². The van der Waals surface area contributed by atoms with Crippen LogP contribution < -0.4 is 0 Å². The number of benzene rings is 2. The number of carbonyl (C=O) groups excluding carboxylic acids is 1. The van der Waals surface area contributed by atoms with Crippen LogP contribution in [0, 0.1) is 0 Å². The van der Waals surface area contributed by atoms with Crippen LogP contribution in [0.2, 0.25) is 0 Å². The van der Waals surface area contributed by atoms with Crippen LogP contribution in [0.1, 0.15) is 15.9 Å². The molecule has 0 fully saturated rings. The first-order chi connectivity index (χ1) is 9.81. The van der Waals surface area contributed by atoms with Gasteiger partial charge in [0.25, 0.3) is 5.91 Å². The number of nitrogens with zero attached hydrogens (tertiary/aromatic N) is 1. The van der Waals surface area contributed by atoms with Gasteiger partial charge in [0, 0.05) is 23.8 Å². The summed E-state index contributed by atoms with van der Waals surface area (Å²) in [5, 5.41) is 10.1. The molecule has 100 valence electrons. The molecule has 0 aliphatic rings. The second-order valence-electron chi connectivity index (χ2n) is 4.68. The van der Waals surface area contributed by atoms with Gasteiger partial charge in [-0.05, 0) is 36.2 Å². The van der Waals surface area contributed by atoms with Crippen molar-refractivity contribution in [2.24, 2.45) is 0 Å². The monoisotopic (exact) mass is 265 g/mol. The topological polar surface area (TPSA) is 42.2 Å². The number of rotatable bonds is 3. The molecule has 3 heteroatoms. The Morgan fingerprint density at radius 2 is 1.80 bits per heavy atom. The molecule has 0 saturated heterocycles. The van der Waals surface area contributed by atoms with E-state index in [4.69, 9.17) is 5.11 Å². The molecule has 3 aromatic rings. The smallest absolute Gasteiger partial charge is 0.262 e. The first-order valence-electron chi connectivity index (χ1n) is 6.61. The molecule has 0 atom stereocenters. The predicted octanol–water partition coefficient (Wildman–Crippen LogP) is 2.86. The maximum absolute atomic E-state index is 12.5. The molecule has 1 aromatic heterocycles. The third-order valence-corrected chi connectivity index (χ3v) is 3.44. The first kappa shape index (κ1) is 12.6. The van der Waals surface area contributed by atoms with Crippen LogP contribution in [-0.4, -0.2) is 22.2 Å². The predicted molar refractivity (Wildman–Crippen MR) is 78.9 cm³/mol. The van der Waals surface area contributed by atoms with Gasteiger partial charge >= 0.3 is 0 Å². The van der Waals surface area contributed by atoms with Gasteiger partial charge < -0.3 is 5.11 Å². The van der Waals surface area contributed by atoms with E-state index in [-0.39, 0.29) is 12.5 Å². The van der Waals surface area contributed by atoms with Crippen LogP contribution in [0.25, 0.3) is 10.9 Å². The Hall–Kier alpha value is -2.39. The summed E-state index contributed by atoms with van der Waals surface area (Å²) in [6.07, 6.45) is 2.39. The van der Waals surface area contributed by atoms with Gasteiger partial charge in [0.2, 0.25) is 0 Å². The van der Waals surface area contributed by atoms with Gasteiger partial charge in [0.1, 0.15) is 0 Å². The summed E-state index contributed by atoms with van der Waals surface area (Å²) < 4.78 is 1.66. The van der Waals surface area contributed by atoms with Crippen molar-refractivity contribution < 1.29 is 9.90 Å². The number of carbonyl (C=O) groups is 1. The molecule has 0 bridgehead atoms. The van der Waals surface area contributed by atoms with Crippen molar-refractivity contribution >= 4 is 16.8 Å². The first-order valence-corrected chi connectivity index (χ1v) is 6.61. The molecular weight excluding hydrogens is 250 g/mol.